The molecule has 4 heteroatoms. The van der Waals surface area contributed by atoms with Crippen molar-refractivity contribution in [2.24, 2.45) is 0 Å². The molecule has 1 saturated heterocycles. The first kappa shape index (κ1) is 11.0. The SMILES string of the molecule is CN1CCSCC1C(O)Cc1ccco1. The summed E-state index contributed by atoms with van der Waals surface area (Å²) in [6, 6.07) is 4.04. The van der Waals surface area contributed by atoms with E-state index in [-0.39, 0.29) is 12.1 Å². The summed E-state index contributed by atoms with van der Waals surface area (Å²) in [7, 11) is 2.08. The van der Waals surface area contributed by atoms with Gasteiger partial charge in [0.1, 0.15) is 5.76 Å². The van der Waals surface area contributed by atoms with E-state index in [0.717, 1.165) is 18.1 Å². The van der Waals surface area contributed by atoms with E-state index < -0.39 is 0 Å². The minimum atomic E-state index is -0.325. The van der Waals surface area contributed by atoms with E-state index in [1.807, 2.05) is 23.9 Å². The Morgan fingerprint density at radius 1 is 1.73 bits per heavy atom. The van der Waals surface area contributed by atoms with Crippen molar-refractivity contribution >= 4 is 11.8 Å². The van der Waals surface area contributed by atoms with Crippen LogP contribution in [0.25, 0.3) is 0 Å². The number of hydrogen-bond acceptors (Lipinski definition) is 4. The molecule has 0 amide bonds. The fraction of sp³-hybridized carbons (Fsp3) is 0.636. The normalized spacial score (nSPS) is 25.3. The Morgan fingerprint density at radius 2 is 2.60 bits per heavy atom. The maximum absolute atomic E-state index is 10.1. The van der Waals surface area contributed by atoms with E-state index in [1.54, 1.807) is 6.26 Å². The fourth-order valence-corrected chi connectivity index (χ4v) is 3.18. The Bertz CT molecular complexity index is 289. The van der Waals surface area contributed by atoms with Crippen molar-refractivity contribution in [1.82, 2.24) is 4.90 Å². The first-order valence-electron chi connectivity index (χ1n) is 5.26. The second-order valence-electron chi connectivity index (χ2n) is 3.97. The van der Waals surface area contributed by atoms with Crippen molar-refractivity contribution in [2.45, 2.75) is 18.6 Å². The van der Waals surface area contributed by atoms with Crippen LogP contribution in [0, 0.1) is 0 Å². The van der Waals surface area contributed by atoms with E-state index in [1.165, 1.54) is 5.75 Å². The van der Waals surface area contributed by atoms with Crippen molar-refractivity contribution in [3.63, 3.8) is 0 Å². The molecule has 1 aromatic heterocycles. The van der Waals surface area contributed by atoms with Gasteiger partial charge in [-0.05, 0) is 19.2 Å². The largest absolute Gasteiger partial charge is 0.469 e. The van der Waals surface area contributed by atoms with Gasteiger partial charge in [0.15, 0.2) is 0 Å². The van der Waals surface area contributed by atoms with Crippen molar-refractivity contribution in [3.8, 4) is 0 Å². The fourth-order valence-electron chi connectivity index (χ4n) is 1.88. The van der Waals surface area contributed by atoms with Crippen LogP contribution in [0.2, 0.25) is 0 Å². The summed E-state index contributed by atoms with van der Waals surface area (Å²) in [5, 5.41) is 10.1. The zero-order valence-electron chi connectivity index (χ0n) is 8.93. The molecule has 0 radical (unpaired) electrons. The van der Waals surface area contributed by atoms with Crippen LogP contribution in [-0.2, 0) is 6.42 Å². The van der Waals surface area contributed by atoms with Crippen LogP contribution in [-0.4, -0.2) is 47.3 Å². The summed E-state index contributed by atoms with van der Waals surface area (Å²) < 4.78 is 5.24. The Hall–Kier alpha value is -0.450. The van der Waals surface area contributed by atoms with Gasteiger partial charge in [-0.2, -0.15) is 11.8 Å². The van der Waals surface area contributed by atoms with Crippen molar-refractivity contribution in [2.75, 3.05) is 25.1 Å². The maximum Gasteiger partial charge on any atom is 0.106 e. The third kappa shape index (κ3) is 2.77. The molecule has 2 atom stereocenters. The number of thioether (sulfide) groups is 1. The predicted octanol–water partition coefficient (Wildman–Crippen LogP) is 1.23. The molecule has 15 heavy (non-hydrogen) atoms. The molecule has 0 aromatic carbocycles. The lowest BCUT2D eigenvalue weighted by atomic mass is 10.1. The van der Waals surface area contributed by atoms with Gasteiger partial charge >= 0.3 is 0 Å². The smallest absolute Gasteiger partial charge is 0.106 e. The van der Waals surface area contributed by atoms with E-state index >= 15 is 0 Å². The van der Waals surface area contributed by atoms with Gasteiger partial charge in [0.2, 0.25) is 0 Å². The lowest BCUT2D eigenvalue weighted by Gasteiger charge is -2.35. The highest BCUT2D eigenvalue weighted by Gasteiger charge is 2.27. The van der Waals surface area contributed by atoms with Crippen LogP contribution in [0.3, 0.4) is 0 Å². The highest BCUT2D eigenvalue weighted by Crippen LogP contribution is 2.19. The summed E-state index contributed by atoms with van der Waals surface area (Å²) >= 11 is 1.92. The van der Waals surface area contributed by atoms with Gasteiger partial charge in [-0.1, -0.05) is 0 Å². The van der Waals surface area contributed by atoms with Gasteiger partial charge in [-0.25, -0.2) is 0 Å². The number of aliphatic hydroxyl groups excluding tert-OH is 1. The Morgan fingerprint density at radius 3 is 3.27 bits per heavy atom. The summed E-state index contributed by atoms with van der Waals surface area (Å²) in [5.74, 6) is 3.05. The molecule has 2 unspecified atom stereocenters. The molecule has 1 fully saturated rings. The average molecular weight is 227 g/mol. The van der Waals surface area contributed by atoms with Crippen LogP contribution in [0.15, 0.2) is 22.8 Å². The van der Waals surface area contributed by atoms with Gasteiger partial charge in [0, 0.05) is 30.5 Å². The second-order valence-corrected chi connectivity index (χ2v) is 5.12. The molecule has 1 aromatic rings. The van der Waals surface area contributed by atoms with Gasteiger partial charge in [0.05, 0.1) is 12.4 Å². The standard InChI is InChI=1S/C11H17NO2S/c1-12-4-6-15-8-10(12)11(13)7-9-3-2-5-14-9/h2-3,5,10-11,13H,4,6-8H2,1H3. The zero-order valence-corrected chi connectivity index (χ0v) is 9.74. The maximum atomic E-state index is 10.1. The van der Waals surface area contributed by atoms with Crippen molar-refractivity contribution in [1.29, 1.82) is 0 Å². The first-order chi connectivity index (χ1) is 7.27. The lowest BCUT2D eigenvalue weighted by molar-refractivity contribution is 0.0724. The van der Waals surface area contributed by atoms with Gasteiger partial charge in [-0.3, -0.25) is 4.90 Å². The van der Waals surface area contributed by atoms with Crippen LogP contribution < -0.4 is 0 Å². The zero-order chi connectivity index (χ0) is 10.7. The number of hydrogen-bond donors (Lipinski definition) is 1. The van der Waals surface area contributed by atoms with E-state index in [9.17, 15) is 5.11 Å². The first-order valence-corrected chi connectivity index (χ1v) is 6.41. The number of likely N-dealkylation sites (N-methyl/N-ethyl adjacent to an activating group) is 1. The van der Waals surface area contributed by atoms with Crippen molar-refractivity contribution < 1.29 is 9.52 Å². The monoisotopic (exact) mass is 227 g/mol. The van der Waals surface area contributed by atoms with Crippen molar-refractivity contribution in [3.05, 3.63) is 24.2 Å². The molecule has 1 N–H and O–H groups in total. The molecule has 1 aliphatic rings. The molecular weight excluding hydrogens is 210 g/mol. The second kappa shape index (κ2) is 5.05. The summed E-state index contributed by atoms with van der Waals surface area (Å²) in [4.78, 5) is 2.24. The number of nitrogens with zero attached hydrogens (tertiary/aromatic N) is 1. The quantitative estimate of drug-likeness (QED) is 0.842. The summed E-state index contributed by atoms with van der Waals surface area (Å²) in [6.45, 7) is 1.06. The highest BCUT2D eigenvalue weighted by molar-refractivity contribution is 7.99. The third-order valence-electron chi connectivity index (χ3n) is 2.88. The molecule has 84 valence electrons. The predicted molar refractivity (Wildman–Crippen MR) is 62.2 cm³/mol. The Balaban J connectivity index is 1.91. The molecule has 0 saturated carbocycles. The van der Waals surface area contributed by atoms with Crippen LogP contribution in [0.1, 0.15) is 5.76 Å². The molecule has 2 rings (SSSR count). The van der Waals surface area contributed by atoms with Crippen LogP contribution in [0.4, 0.5) is 0 Å². The van der Waals surface area contributed by atoms with E-state index in [0.29, 0.717) is 6.42 Å². The van der Waals surface area contributed by atoms with Gasteiger partial charge < -0.3 is 9.52 Å². The third-order valence-corrected chi connectivity index (χ3v) is 3.93. The molecular formula is C11H17NO2S. The lowest BCUT2D eigenvalue weighted by Crippen LogP contribution is -2.47. The Kier molecular flexibility index (Phi) is 3.72. The molecule has 0 aliphatic carbocycles. The van der Waals surface area contributed by atoms with Crippen LogP contribution >= 0.6 is 11.8 Å². The minimum Gasteiger partial charge on any atom is -0.469 e. The molecule has 0 spiro atoms. The van der Waals surface area contributed by atoms with E-state index in [4.69, 9.17) is 4.42 Å². The number of furan rings is 1. The molecule has 1 aliphatic heterocycles. The highest BCUT2D eigenvalue weighted by atomic mass is 32.2. The molecule has 3 nitrogen and oxygen atoms in total. The van der Waals surface area contributed by atoms with Crippen LogP contribution in [0.5, 0.6) is 0 Å². The summed E-state index contributed by atoms with van der Waals surface area (Å²) in [5.41, 5.74) is 0. The summed E-state index contributed by atoms with van der Waals surface area (Å²) in [6.07, 6.45) is 1.94. The minimum absolute atomic E-state index is 0.258. The molecule has 2 heterocycles. The number of aliphatic hydroxyl groups is 1. The topological polar surface area (TPSA) is 36.6 Å². The van der Waals surface area contributed by atoms with Gasteiger partial charge in [-0.15, -0.1) is 0 Å². The Labute approximate surface area is 94.5 Å². The number of rotatable bonds is 3. The van der Waals surface area contributed by atoms with Gasteiger partial charge in [0.25, 0.3) is 0 Å². The van der Waals surface area contributed by atoms with E-state index in [2.05, 4.69) is 11.9 Å². The molecule has 0 bridgehead atoms. The average Bonchev–Trinajstić information content (AvgIpc) is 2.71.